The minimum absolute atomic E-state index is 0.178. The van der Waals surface area contributed by atoms with Crippen LogP contribution in [0.4, 0.5) is 5.69 Å². The first-order chi connectivity index (χ1) is 11.7. The molecule has 0 saturated heterocycles. The van der Waals surface area contributed by atoms with Gasteiger partial charge in [0.15, 0.2) is 5.78 Å². The van der Waals surface area contributed by atoms with E-state index in [2.05, 4.69) is 10.3 Å². The van der Waals surface area contributed by atoms with Gasteiger partial charge in [0, 0.05) is 18.3 Å². The molecule has 1 atom stereocenters. The Morgan fingerprint density at radius 2 is 2.04 bits per heavy atom. The zero-order chi connectivity index (χ0) is 16.5. The van der Waals surface area contributed by atoms with Crippen molar-refractivity contribution in [1.82, 2.24) is 9.55 Å². The first-order valence-corrected chi connectivity index (χ1v) is 8.07. The third-order valence-corrected chi connectivity index (χ3v) is 4.44. The van der Waals surface area contributed by atoms with E-state index >= 15 is 0 Å². The fraction of sp³-hybridized carbons (Fsp3) is 0.211. The van der Waals surface area contributed by atoms with Crippen molar-refractivity contribution >= 4 is 23.6 Å². The number of nitrogens with one attached hydrogen (secondary N) is 1. The molecule has 4 rings (SSSR count). The molecule has 2 aliphatic rings. The van der Waals surface area contributed by atoms with E-state index in [0.29, 0.717) is 30.6 Å². The molecule has 1 N–H and O–H groups in total. The highest BCUT2D eigenvalue weighted by atomic mass is 16.2. The number of ketones is 1. The smallest absolute Gasteiger partial charge is 0.235 e. The topological polar surface area (TPSA) is 64.0 Å². The van der Waals surface area contributed by atoms with Gasteiger partial charge in [-0.1, -0.05) is 30.4 Å². The highest BCUT2D eigenvalue weighted by Gasteiger charge is 2.36. The van der Waals surface area contributed by atoms with Crippen LogP contribution in [0.15, 0.2) is 48.6 Å². The minimum atomic E-state index is -0.670. The lowest BCUT2D eigenvalue weighted by Crippen LogP contribution is -2.34. The van der Waals surface area contributed by atoms with Gasteiger partial charge in [0.1, 0.15) is 17.4 Å². The predicted molar refractivity (Wildman–Crippen MR) is 91.6 cm³/mol. The van der Waals surface area contributed by atoms with E-state index in [1.54, 1.807) is 0 Å². The lowest BCUT2D eigenvalue weighted by molar-refractivity contribution is -0.118. The second kappa shape index (κ2) is 5.92. The number of fused-ring (bicyclic) bond motifs is 3. The number of nitrogens with zero attached hydrogens (tertiary/aromatic N) is 2. The molecule has 1 amide bonds. The number of allylic oxidation sites excluding steroid dienone is 3. The van der Waals surface area contributed by atoms with Crippen molar-refractivity contribution < 1.29 is 9.59 Å². The number of rotatable bonds is 2. The second-order valence-electron chi connectivity index (χ2n) is 5.98. The monoisotopic (exact) mass is 319 g/mol. The van der Waals surface area contributed by atoms with Gasteiger partial charge in [0.2, 0.25) is 5.91 Å². The summed E-state index contributed by atoms with van der Waals surface area (Å²) in [4.78, 5) is 29.8. The van der Waals surface area contributed by atoms with E-state index in [1.807, 2.05) is 59.3 Å². The van der Waals surface area contributed by atoms with Crippen LogP contribution in [0.2, 0.25) is 0 Å². The Hall–Kier alpha value is -2.95. The van der Waals surface area contributed by atoms with Crippen LogP contribution in [0.25, 0.3) is 6.20 Å². The van der Waals surface area contributed by atoms with Crippen molar-refractivity contribution in [2.75, 3.05) is 5.32 Å². The fourth-order valence-corrected chi connectivity index (χ4v) is 3.24. The van der Waals surface area contributed by atoms with Gasteiger partial charge < -0.3 is 9.88 Å². The normalized spacial score (nSPS) is 18.7. The number of para-hydroxylation sites is 1. The van der Waals surface area contributed by atoms with E-state index in [9.17, 15) is 9.59 Å². The molecule has 1 aliphatic carbocycles. The second-order valence-corrected chi connectivity index (χ2v) is 5.98. The van der Waals surface area contributed by atoms with Gasteiger partial charge in [-0.2, -0.15) is 0 Å². The molecular formula is C19H17N3O2. The quantitative estimate of drug-likeness (QED) is 0.866. The number of carbonyl (C=O) groups is 2. The molecule has 0 saturated carbocycles. The summed E-state index contributed by atoms with van der Waals surface area (Å²) in [6, 6.07) is 9.21. The van der Waals surface area contributed by atoms with Gasteiger partial charge >= 0.3 is 0 Å². The van der Waals surface area contributed by atoms with Crippen LogP contribution in [0.5, 0.6) is 0 Å². The molecule has 1 aromatic carbocycles. The average molecular weight is 319 g/mol. The van der Waals surface area contributed by atoms with Crippen molar-refractivity contribution in [3.05, 3.63) is 65.8 Å². The maximum atomic E-state index is 12.8. The van der Waals surface area contributed by atoms with Crippen LogP contribution in [0, 0.1) is 5.92 Å². The molecule has 1 aromatic heterocycles. The first-order valence-electron chi connectivity index (χ1n) is 8.07. The van der Waals surface area contributed by atoms with E-state index in [4.69, 9.17) is 0 Å². The van der Waals surface area contributed by atoms with Gasteiger partial charge in [-0.25, -0.2) is 4.98 Å². The molecule has 5 heteroatoms. The maximum absolute atomic E-state index is 12.8. The zero-order valence-electron chi connectivity index (χ0n) is 13.1. The Balaban J connectivity index is 1.59. The Bertz CT molecular complexity index is 862. The summed E-state index contributed by atoms with van der Waals surface area (Å²) in [6.45, 7) is 0. The summed E-state index contributed by atoms with van der Waals surface area (Å²) in [7, 11) is 0. The highest BCUT2D eigenvalue weighted by molar-refractivity contribution is 6.14. The molecule has 0 bridgehead atoms. The Morgan fingerprint density at radius 1 is 1.21 bits per heavy atom. The molecule has 0 radical (unpaired) electrons. The van der Waals surface area contributed by atoms with Gasteiger partial charge in [-0.15, -0.1) is 0 Å². The first kappa shape index (κ1) is 14.6. The summed E-state index contributed by atoms with van der Waals surface area (Å²) < 4.78 is 1.98. The maximum Gasteiger partial charge on any atom is 0.235 e. The molecule has 0 spiro atoms. The standard InChI is InChI=1S/C19H17N3O2/c23-18-14(19(24)20-13-7-3-1-4-8-13)10-11-15-17(18)21-16-9-5-2-6-12-22(15)16/h1-8,12,14H,9-11H2,(H,20,24). The molecule has 24 heavy (non-hydrogen) atoms. The summed E-state index contributed by atoms with van der Waals surface area (Å²) >= 11 is 0. The Kier molecular flexibility index (Phi) is 3.61. The van der Waals surface area contributed by atoms with E-state index in [1.165, 1.54) is 0 Å². The number of hydrogen-bond acceptors (Lipinski definition) is 3. The lowest BCUT2D eigenvalue weighted by Gasteiger charge is -2.20. The van der Waals surface area contributed by atoms with Crippen LogP contribution < -0.4 is 5.32 Å². The number of anilines is 1. The molecule has 0 fully saturated rings. The van der Waals surface area contributed by atoms with Gasteiger partial charge in [0.05, 0.1) is 5.69 Å². The largest absolute Gasteiger partial charge is 0.325 e. The van der Waals surface area contributed by atoms with Gasteiger partial charge in [0.25, 0.3) is 0 Å². The van der Waals surface area contributed by atoms with Crippen molar-refractivity contribution in [2.45, 2.75) is 19.3 Å². The van der Waals surface area contributed by atoms with Crippen molar-refractivity contribution in [3.63, 3.8) is 0 Å². The number of carbonyl (C=O) groups excluding carboxylic acids is 2. The van der Waals surface area contributed by atoms with Crippen LogP contribution in [-0.2, 0) is 17.6 Å². The van der Waals surface area contributed by atoms with Crippen molar-refractivity contribution in [1.29, 1.82) is 0 Å². The van der Waals surface area contributed by atoms with Gasteiger partial charge in [-0.05, 0) is 31.1 Å². The van der Waals surface area contributed by atoms with E-state index < -0.39 is 5.92 Å². The molecule has 2 aromatic rings. The third-order valence-electron chi connectivity index (χ3n) is 4.44. The van der Waals surface area contributed by atoms with Crippen LogP contribution in [-0.4, -0.2) is 21.2 Å². The fourth-order valence-electron chi connectivity index (χ4n) is 3.24. The zero-order valence-corrected chi connectivity index (χ0v) is 13.1. The lowest BCUT2D eigenvalue weighted by atomic mass is 9.87. The predicted octanol–water partition coefficient (Wildman–Crippen LogP) is 2.85. The highest BCUT2D eigenvalue weighted by Crippen LogP contribution is 2.28. The molecular weight excluding hydrogens is 302 g/mol. The molecule has 1 unspecified atom stereocenters. The molecule has 1 aliphatic heterocycles. The van der Waals surface area contributed by atoms with Gasteiger partial charge in [-0.3, -0.25) is 9.59 Å². The van der Waals surface area contributed by atoms with Crippen LogP contribution in [0.1, 0.15) is 28.4 Å². The number of imidazole rings is 1. The average Bonchev–Trinajstić information content (AvgIpc) is 2.79. The number of amides is 1. The van der Waals surface area contributed by atoms with E-state index in [0.717, 1.165) is 11.5 Å². The van der Waals surface area contributed by atoms with Crippen molar-refractivity contribution in [3.8, 4) is 0 Å². The van der Waals surface area contributed by atoms with Crippen LogP contribution >= 0.6 is 0 Å². The molecule has 120 valence electrons. The molecule has 5 nitrogen and oxygen atoms in total. The Labute approximate surface area is 139 Å². The SMILES string of the molecule is O=C(Nc1ccccc1)C1CCc2c(nc3n2C=CC=CC3)C1=O. The number of aromatic nitrogens is 2. The number of hydrogen-bond donors (Lipinski definition) is 1. The third kappa shape index (κ3) is 2.48. The van der Waals surface area contributed by atoms with Crippen LogP contribution in [0.3, 0.4) is 0 Å². The van der Waals surface area contributed by atoms with Crippen molar-refractivity contribution in [2.24, 2.45) is 5.92 Å². The number of Topliss-reactive ketones (excluding diaryl/α,β-unsaturated/α-hetero) is 1. The number of benzene rings is 1. The summed E-state index contributed by atoms with van der Waals surface area (Å²) in [5.74, 6) is -0.253. The summed E-state index contributed by atoms with van der Waals surface area (Å²) in [6.07, 6.45) is 9.73. The minimum Gasteiger partial charge on any atom is -0.325 e. The summed E-state index contributed by atoms with van der Waals surface area (Å²) in [5, 5.41) is 2.83. The van der Waals surface area contributed by atoms with E-state index in [-0.39, 0.29) is 11.7 Å². The summed E-state index contributed by atoms with van der Waals surface area (Å²) in [5.41, 5.74) is 2.07. The molecule has 2 heterocycles. The Morgan fingerprint density at radius 3 is 2.88 bits per heavy atom.